The van der Waals surface area contributed by atoms with Gasteiger partial charge in [-0.05, 0) is 37.8 Å². The Kier molecular flexibility index (Phi) is 3.75. The van der Waals surface area contributed by atoms with Crippen LogP contribution in [0.3, 0.4) is 0 Å². The van der Waals surface area contributed by atoms with Gasteiger partial charge in [-0.3, -0.25) is 0 Å². The van der Waals surface area contributed by atoms with Crippen molar-refractivity contribution in [3.05, 3.63) is 23.9 Å². The van der Waals surface area contributed by atoms with Gasteiger partial charge in [-0.15, -0.1) is 0 Å². The van der Waals surface area contributed by atoms with Crippen LogP contribution in [0, 0.1) is 0 Å². The normalized spacial score (nSPS) is 24.9. The minimum atomic E-state index is -4.37. The highest BCUT2D eigenvalue weighted by Crippen LogP contribution is 2.34. The van der Waals surface area contributed by atoms with Gasteiger partial charge in [-0.25, -0.2) is 4.98 Å². The predicted molar refractivity (Wildman–Crippen MR) is 63.1 cm³/mol. The molecule has 1 fully saturated rings. The maximum atomic E-state index is 12.8. The molecule has 0 aromatic carbocycles. The first kappa shape index (κ1) is 13.1. The number of anilines is 1. The second-order valence-electron chi connectivity index (χ2n) is 4.65. The Morgan fingerprint density at radius 2 is 1.89 bits per heavy atom. The molecule has 0 amide bonds. The minimum absolute atomic E-state index is 0.0285. The molecule has 1 aliphatic carbocycles. The summed E-state index contributed by atoms with van der Waals surface area (Å²) in [6.07, 6.45) is 0.246. The fourth-order valence-corrected chi connectivity index (χ4v) is 2.21. The molecule has 2 rings (SSSR count). The van der Waals surface area contributed by atoms with Crippen LogP contribution in [0.25, 0.3) is 0 Å². The van der Waals surface area contributed by atoms with Gasteiger partial charge in [0.05, 0.1) is 5.56 Å². The number of nitrogens with one attached hydrogen (secondary N) is 1. The van der Waals surface area contributed by atoms with Gasteiger partial charge in [0.25, 0.3) is 0 Å². The predicted octanol–water partition coefficient (Wildman–Crippen LogP) is 2.78. The number of hydrogen-bond donors (Lipinski definition) is 2. The number of pyridine rings is 1. The van der Waals surface area contributed by atoms with E-state index in [2.05, 4.69) is 10.3 Å². The van der Waals surface area contributed by atoms with Crippen molar-refractivity contribution < 1.29 is 13.2 Å². The Morgan fingerprint density at radius 1 is 1.22 bits per heavy atom. The van der Waals surface area contributed by atoms with Crippen molar-refractivity contribution in [1.29, 1.82) is 0 Å². The molecule has 1 heterocycles. The van der Waals surface area contributed by atoms with E-state index in [1.807, 2.05) is 0 Å². The highest BCUT2D eigenvalue weighted by molar-refractivity contribution is 5.46. The summed E-state index contributed by atoms with van der Waals surface area (Å²) < 4.78 is 38.3. The standard InChI is InChI=1S/C12H16F3N3/c13-12(14,15)10-2-1-7-17-11(10)18-9-5-3-8(16)4-6-9/h1-2,7-9H,3-6,16H2,(H,17,18). The maximum Gasteiger partial charge on any atom is 0.419 e. The van der Waals surface area contributed by atoms with Crippen molar-refractivity contribution >= 4 is 5.82 Å². The van der Waals surface area contributed by atoms with Gasteiger partial charge in [-0.1, -0.05) is 0 Å². The molecule has 3 nitrogen and oxygen atoms in total. The summed E-state index contributed by atoms with van der Waals surface area (Å²) in [5.41, 5.74) is 5.06. The molecule has 0 bridgehead atoms. The highest BCUT2D eigenvalue weighted by atomic mass is 19.4. The van der Waals surface area contributed by atoms with Gasteiger partial charge in [-0.2, -0.15) is 13.2 Å². The van der Waals surface area contributed by atoms with E-state index in [0.29, 0.717) is 0 Å². The van der Waals surface area contributed by atoms with Crippen molar-refractivity contribution in [2.75, 3.05) is 5.32 Å². The first-order valence-corrected chi connectivity index (χ1v) is 6.01. The summed E-state index contributed by atoms with van der Waals surface area (Å²) in [5.74, 6) is -0.0783. The Labute approximate surface area is 104 Å². The van der Waals surface area contributed by atoms with E-state index >= 15 is 0 Å². The Balaban J connectivity index is 2.10. The molecule has 0 atom stereocenters. The maximum absolute atomic E-state index is 12.8. The number of alkyl halides is 3. The van der Waals surface area contributed by atoms with E-state index < -0.39 is 11.7 Å². The minimum Gasteiger partial charge on any atom is -0.367 e. The summed E-state index contributed by atoms with van der Waals surface area (Å²) in [6, 6.07) is 2.55. The molecule has 1 aliphatic rings. The SMILES string of the molecule is NC1CCC(Nc2ncccc2C(F)(F)F)CC1. The Bertz CT molecular complexity index is 398. The monoisotopic (exact) mass is 259 g/mol. The molecule has 18 heavy (non-hydrogen) atoms. The lowest BCUT2D eigenvalue weighted by atomic mass is 9.92. The summed E-state index contributed by atoms with van der Waals surface area (Å²) in [5, 5.41) is 2.89. The number of aromatic nitrogens is 1. The first-order valence-electron chi connectivity index (χ1n) is 6.01. The van der Waals surface area contributed by atoms with E-state index in [-0.39, 0.29) is 17.9 Å². The lowest BCUT2D eigenvalue weighted by molar-refractivity contribution is -0.137. The van der Waals surface area contributed by atoms with Crippen LogP contribution in [0.2, 0.25) is 0 Å². The fourth-order valence-electron chi connectivity index (χ4n) is 2.21. The third-order valence-electron chi connectivity index (χ3n) is 3.23. The molecule has 100 valence electrons. The van der Waals surface area contributed by atoms with Crippen molar-refractivity contribution in [1.82, 2.24) is 4.98 Å². The molecule has 3 N–H and O–H groups in total. The van der Waals surface area contributed by atoms with Crippen molar-refractivity contribution in [3.63, 3.8) is 0 Å². The zero-order chi connectivity index (χ0) is 13.2. The quantitative estimate of drug-likeness (QED) is 0.858. The van der Waals surface area contributed by atoms with Crippen LogP contribution in [0.1, 0.15) is 31.2 Å². The van der Waals surface area contributed by atoms with Crippen molar-refractivity contribution in [2.45, 2.75) is 43.9 Å². The fraction of sp³-hybridized carbons (Fsp3) is 0.583. The third-order valence-corrected chi connectivity index (χ3v) is 3.23. The van der Waals surface area contributed by atoms with Gasteiger partial charge in [0, 0.05) is 18.3 Å². The average Bonchev–Trinajstić information content (AvgIpc) is 2.31. The summed E-state index contributed by atoms with van der Waals surface area (Å²) in [6.45, 7) is 0. The van der Waals surface area contributed by atoms with Crippen LogP contribution < -0.4 is 11.1 Å². The van der Waals surface area contributed by atoms with Crippen molar-refractivity contribution in [2.24, 2.45) is 5.73 Å². The smallest absolute Gasteiger partial charge is 0.367 e. The lowest BCUT2D eigenvalue weighted by Gasteiger charge is -2.28. The second kappa shape index (κ2) is 5.14. The van der Waals surface area contributed by atoms with Crippen LogP contribution in [-0.2, 0) is 6.18 Å². The van der Waals surface area contributed by atoms with E-state index in [0.717, 1.165) is 31.7 Å². The van der Waals surface area contributed by atoms with E-state index in [4.69, 9.17) is 5.73 Å². The van der Waals surface area contributed by atoms with E-state index in [1.165, 1.54) is 12.3 Å². The van der Waals surface area contributed by atoms with Gasteiger partial charge in [0.1, 0.15) is 5.82 Å². The van der Waals surface area contributed by atoms with Gasteiger partial charge >= 0.3 is 6.18 Å². The number of hydrogen-bond acceptors (Lipinski definition) is 3. The molecule has 0 unspecified atom stereocenters. The number of halogens is 3. The second-order valence-corrected chi connectivity index (χ2v) is 4.65. The molecule has 0 spiro atoms. The highest BCUT2D eigenvalue weighted by Gasteiger charge is 2.34. The number of nitrogens with zero attached hydrogens (tertiary/aromatic N) is 1. The Hall–Kier alpha value is -1.30. The van der Waals surface area contributed by atoms with Gasteiger partial charge in [0.2, 0.25) is 0 Å². The van der Waals surface area contributed by atoms with Crippen LogP contribution >= 0.6 is 0 Å². The number of nitrogens with two attached hydrogens (primary N) is 1. The molecule has 1 aromatic heterocycles. The summed E-state index contributed by atoms with van der Waals surface area (Å²) in [7, 11) is 0. The van der Waals surface area contributed by atoms with Gasteiger partial charge < -0.3 is 11.1 Å². The van der Waals surface area contributed by atoms with Crippen LogP contribution in [0.5, 0.6) is 0 Å². The van der Waals surface area contributed by atoms with Crippen LogP contribution in [0.4, 0.5) is 19.0 Å². The van der Waals surface area contributed by atoms with Crippen LogP contribution in [-0.4, -0.2) is 17.1 Å². The summed E-state index contributed by atoms with van der Waals surface area (Å²) in [4.78, 5) is 3.80. The molecular formula is C12H16F3N3. The zero-order valence-electron chi connectivity index (χ0n) is 9.87. The zero-order valence-corrected chi connectivity index (χ0v) is 9.87. The molecule has 1 saturated carbocycles. The Morgan fingerprint density at radius 3 is 2.50 bits per heavy atom. The average molecular weight is 259 g/mol. The molecule has 0 radical (unpaired) electrons. The molecule has 0 aliphatic heterocycles. The largest absolute Gasteiger partial charge is 0.419 e. The first-order chi connectivity index (χ1) is 8.47. The third kappa shape index (κ3) is 3.13. The van der Waals surface area contributed by atoms with Crippen molar-refractivity contribution in [3.8, 4) is 0 Å². The molecule has 6 heteroatoms. The topological polar surface area (TPSA) is 50.9 Å². The molecule has 0 saturated heterocycles. The van der Waals surface area contributed by atoms with E-state index in [9.17, 15) is 13.2 Å². The van der Waals surface area contributed by atoms with E-state index in [1.54, 1.807) is 0 Å². The summed E-state index contributed by atoms with van der Waals surface area (Å²) >= 11 is 0. The van der Waals surface area contributed by atoms with Crippen LogP contribution in [0.15, 0.2) is 18.3 Å². The number of rotatable bonds is 2. The lowest BCUT2D eigenvalue weighted by Crippen LogP contribution is -2.33. The van der Waals surface area contributed by atoms with Gasteiger partial charge in [0.15, 0.2) is 0 Å². The molecular weight excluding hydrogens is 243 g/mol. The molecule has 1 aromatic rings.